The third kappa shape index (κ3) is 4.83. The third-order valence-corrected chi connectivity index (χ3v) is 6.66. The smallest absolute Gasteiger partial charge is 0.234 e. The average molecular weight is 436 g/mol. The molecular weight excluding hydrogens is 410 g/mol. The van der Waals surface area contributed by atoms with Crippen molar-refractivity contribution in [2.75, 3.05) is 0 Å². The maximum absolute atomic E-state index is 12.9. The molecule has 0 aliphatic heterocycles. The summed E-state index contributed by atoms with van der Waals surface area (Å²) in [7, 11) is 0. The van der Waals surface area contributed by atoms with E-state index < -0.39 is 10.8 Å². The Hall–Kier alpha value is -3.05. The van der Waals surface area contributed by atoms with Gasteiger partial charge in [0.1, 0.15) is 5.54 Å². The van der Waals surface area contributed by atoms with Crippen LogP contribution in [0.4, 0.5) is 0 Å². The number of furan rings is 1. The van der Waals surface area contributed by atoms with Crippen molar-refractivity contribution in [3.05, 3.63) is 54.3 Å². The second-order valence-electron chi connectivity index (χ2n) is 7.86. The van der Waals surface area contributed by atoms with Gasteiger partial charge in [-0.2, -0.15) is 5.26 Å². The van der Waals surface area contributed by atoms with Crippen molar-refractivity contribution >= 4 is 17.7 Å². The van der Waals surface area contributed by atoms with E-state index in [0.717, 1.165) is 24.8 Å². The van der Waals surface area contributed by atoms with E-state index in [2.05, 4.69) is 21.6 Å². The summed E-state index contributed by atoms with van der Waals surface area (Å²) in [5.74, 6) is 1.09. The first-order valence-electron chi connectivity index (χ1n) is 10.5. The number of hydrogen-bond acceptors (Lipinski definition) is 6. The molecule has 1 atom stereocenters. The lowest BCUT2D eigenvalue weighted by molar-refractivity contribution is -0.121. The molecule has 1 unspecified atom stereocenters. The van der Waals surface area contributed by atoms with E-state index in [0.29, 0.717) is 36.1 Å². The van der Waals surface area contributed by atoms with Crippen molar-refractivity contribution in [2.45, 2.75) is 61.5 Å². The summed E-state index contributed by atoms with van der Waals surface area (Å²) >= 11 is 1.34. The van der Waals surface area contributed by atoms with Gasteiger partial charge in [0.15, 0.2) is 10.9 Å². The largest absolute Gasteiger partial charge is 0.461 e. The zero-order valence-corrected chi connectivity index (χ0v) is 18.3. The van der Waals surface area contributed by atoms with E-state index in [1.165, 1.54) is 11.8 Å². The first-order chi connectivity index (χ1) is 15.1. The van der Waals surface area contributed by atoms with Crippen LogP contribution in [0.25, 0.3) is 11.6 Å². The van der Waals surface area contributed by atoms with Gasteiger partial charge < -0.3 is 9.73 Å². The van der Waals surface area contributed by atoms with Gasteiger partial charge in [-0.05, 0) is 37.5 Å². The quantitative estimate of drug-likeness (QED) is 0.552. The zero-order valence-electron chi connectivity index (χ0n) is 17.5. The van der Waals surface area contributed by atoms with Gasteiger partial charge in [-0.1, -0.05) is 61.4 Å². The summed E-state index contributed by atoms with van der Waals surface area (Å²) in [5.41, 5.74) is 0.348. The number of thioether (sulfide) groups is 1. The van der Waals surface area contributed by atoms with Gasteiger partial charge >= 0.3 is 0 Å². The Morgan fingerprint density at radius 2 is 2.00 bits per heavy atom. The van der Waals surface area contributed by atoms with Crippen LogP contribution in [0.2, 0.25) is 0 Å². The number of rotatable bonds is 7. The summed E-state index contributed by atoms with van der Waals surface area (Å²) in [4.78, 5) is 12.9. The van der Waals surface area contributed by atoms with E-state index in [9.17, 15) is 10.1 Å². The van der Waals surface area contributed by atoms with Crippen LogP contribution in [0.3, 0.4) is 0 Å². The highest BCUT2D eigenvalue weighted by molar-refractivity contribution is 8.00. The van der Waals surface area contributed by atoms with Crippen LogP contribution >= 0.6 is 11.8 Å². The molecule has 0 spiro atoms. The molecule has 1 N–H and O–H groups in total. The molecule has 1 aliphatic rings. The number of nitrogens with one attached hydrogen (secondary N) is 1. The van der Waals surface area contributed by atoms with Gasteiger partial charge in [-0.25, -0.2) is 0 Å². The van der Waals surface area contributed by atoms with Gasteiger partial charge in [0.2, 0.25) is 11.7 Å². The van der Waals surface area contributed by atoms with Gasteiger partial charge in [-0.3, -0.25) is 9.36 Å². The lowest BCUT2D eigenvalue weighted by Crippen LogP contribution is -2.51. The monoisotopic (exact) mass is 435 g/mol. The topological polar surface area (TPSA) is 96.7 Å². The van der Waals surface area contributed by atoms with E-state index >= 15 is 0 Å². The SMILES string of the molecule is CC(Sc1nnc(-c2ccco2)n1Cc1ccccc1)C(=O)NC1(C#N)CCCCC1. The Morgan fingerprint density at radius 1 is 1.23 bits per heavy atom. The molecule has 160 valence electrons. The number of nitrogens with zero attached hydrogens (tertiary/aromatic N) is 4. The molecule has 3 aromatic rings. The number of amides is 1. The number of aromatic nitrogens is 3. The highest BCUT2D eigenvalue weighted by atomic mass is 32.2. The molecule has 31 heavy (non-hydrogen) atoms. The molecule has 1 saturated carbocycles. The Morgan fingerprint density at radius 3 is 2.68 bits per heavy atom. The van der Waals surface area contributed by atoms with E-state index in [1.807, 2.05) is 54.0 Å². The molecule has 8 heteroatoms. The van der Waals surface area contributed by atoms with Crippen molar-refractivity contribution in [3.63, 3.8) is 0 Å². The van der Waals surface area contributed by atoms with Gasteiger partial charge in [-0.15, -0.1) is 10.2 Å². The molecule has 2 heterocycles. The minimum Gasteiger partial charge on any atom is -0.461 e. The zero-order chi connectivity index (χ0) is 21.7. The summed E-state index contributed by atoms with van der Waals surface area (Å²) in [6.07, 6.45) is 6.06. The first-order valence-corrected chi connectivity index (χ1v) is 11.4. The van der Waals surface area contributed by atoms with Crippen molar-refractivity contribution in [3.8, 4) is 17.7 Å². The molecule has 1 aliphatic carbocycles. The van der Waals surface area contributed by atoms with Crippen molar-refractivity contribution in [1.29, 1.82) is 5.26 Å². The molecule has 1 amide bonds. The maximum atomic E-state index is 12.9. The van der Waals surface area contributed by atoms with Crippen LogP contribution in [-0.4, -0.2) is 31.5 Å². The number of benzene rings is 1. The first kappa shape index (κ1) is 21.2. The number of carbonyl (C=O) groups is 1. The molecule has 1 fully saturated rings. The second kappa shape index (κ2) is 9.40. The minimum atomic E-state index is -0.749. The number of nitriles is 1. The van der Waals surface area contributed by atoms with Crippen LogP contribution in [0, 0.1) is 11.3 Å². The Balaban J connectivity index is 1.54. The molecule has 0 saturated heterocycles. The van der Waals surface area contributed by atoms with E-state index in [1.54, 1.807) is 6.26 Å². The van der Waals surface area contributed by atoms with E-state index in [4.69, 9.17) is 4.42 Å². The van der Waals surface area contributed by atoms with E-state index in [-0.39, 0.29) is 5.91 Å². The third-order valence-electron chi connectivity index (χ3n) is 5.58. The molecule has 0 radical (unpaired) electrons. The molecule has 2 aromatic heterocycles. The predicted molar refractivity (Wildman–Crippen MR) is 118 cm³/mol. The molecule has 1 aromatic carbocycles. The Labute approximate surface area is 185 Å². The van der Waals surface area contributed by atoms with Crippen LogP contribution in [0.15, 0.2) is 58.3 Å². The predicted octanol–water partition coefficient (Wildman–Crippen LogP) is 4.41. The fourth-order valence-corrected chi connectivity index (χ4v) is 4.69. The van der Waals surface area contributed by atoms with Crippen LogP contribution in [0.5, 0.6) is 0 Å². The van der Waals surface area contributed by atoms with Gasteiger partial charge in [0.05, 0.1) is 24.1 Å². The standard InChI is InChI=1S/C23H25N5O2S/c1-17(21(29)25-23(16-24)12-6-3-7-13-23)31-22-27-26-20(19-11-8-14-30-19)28(22)15-18-9-4-2-5-10-18/h2,4-5,8-11,14,17H,3,6-7,12-13,15H2,1H3,(H,25,29). The Kier molecular flexibility index (Phi) is 6.42. The summed E-state index contributed by atoms with van der Waals surface area (Å²) < 4.78 is 7.51. The van der Waals surface area contributed by atoms with Crippen molar-refractivity contribution < 1.29 is 9.21 Å². The fourth-order valence-electron chi connectivity index (χ4n) is 3.84. The van der Waals surface area contributed by atoms with Crippen molar-refractivity contribution in [2.24, 2.45) is 0 Å². The van der Waals surface area contributed by atoms with Gasteiger partial charge in [0.25, 0.3) is 0 Å². The van der Waals surface area contributed by atoms with Crippen molar-refractivity contribution in [1.82, 2.24) is 20.1 Å². The maximum Gasteiger partial charge on any atom is 0.234 e. The average Bonchev–Trinajstić information content (AvgIpc) is 3.45. The normalized spacial score (nSPS) is 16.4. The van der Waals surface area contributed by atoms with Gasteiger partial charge in [0, 0.05) is 0 Å². The molecule has 7 nitrogen and oxygen atoms in total. The molecule has 4 rings (SSSR count). The van der Waals surface area contributed by atoms with Crippen LogP contribution < -0.4 is 5.32 Å². The summed E-state index contributed by atoms with van der Waals surface area (Å²) in [6, 6.07) is 16.0. The van der Waals surface area contributed by atoms with Crippen LogP contribution in [-0.2, 0) is 11.3 Å². The highest BCUT2D eigenvalue weighted by Gasteiger charge is 2.35. The number of carbonyl (C=O) groups excluding carboxylic acids is 1. The molecule has 0 bridgehead atoms. The lowest BCUT2D eigenvalue weighted by Gasteiger charge is -2.32. The summed E-state index contributed by atoms with van der Waals surface area (Å²) in [6.45, 7) is 2.39. The lowest BCUT2D eigenvalue weighted by atomic mass is 9.83. The Bertz CT molecular complexity index is 1050. The fraction of sp³-hybridized carbons (Fsp3) is 0.391. The number of hydrogen-bond donors (Lipinski definition) is 1. The summed E-state index contributed by atoms with van der Waals surface area (Å²) in [5, 5.41) is 21.6. The highest BCUT2D eigenvalue weighted by Crippen LogP contribution is 2.31. The second-order valence-corrected chi connectivity index (χ2v) is 9.17. The van der Waals surface area contributed by atoms with Crippen LogP contribution in [0.1, 0.15) is 44.6 Å². The molecular formula is C23H25N5O2S. The minimum absolute atomic E-state index is 0.151.